The van der Waals surface area contributed by atoms with Gasteiger partial charge in [-0.3, -0.25) is 9.78 Å². The largest absolute Gasteiger partial charge is 0.507 e. The van der Waals surface area contributed by atoms with Crippen LogP contribution in [-0.4, -0.2) is 72.1 Å². The Balaban J connectivity index is 0.000000301. The Bertz CT molecular complexity index is 2240. The van der Waals surface area contributed by atoms with Gasteiger partial charge in [-0.05, 0) is 113 Å². The van der Waals surface area contributed by atoms with Crippen LogP contribution in [0, 0.1) is 20.8 Å². The number of hydrogen-bond donors (Lipinski definition) is 3. The van der Waals surface area contributed by atoms with Crippen LogP contribution in [0.4, 0.5) is 0 Å². The number of hydrogen-bond acceptors (Lipinski definition) is 12. The van der Waals surface area contributed by atoms with Crippen molar-refractivity contribution in [1.29, 1.82) is 0 Å². The van der Waals surface area contributed by atoms with Crippen LogP contribution < -0.4 is 28.4 Å². The summed E-state index contributed by atoms with van der Waals surface area (Å²) in [6.07, 6.45) is 2.87. The lowest BCUT2D eigenvalue weighted by Gasteiger charge is -2.16. The summed E-state index contributed by atoms with van der Waals surface area (Å²) in [5, 5.41) is 31.6. The average Bonchev–Trinajstić information content (AvgIpc) is 3.15. The molecule has 1 aromatic heterocycles. The van der Waals surface area contributed by atoms with Crippen molar-refractivity contribution in [2.75, 3.05) is 33.5 Å². The van der Waals surface area contributed by atoms with Crippen molar-refractivity contribution >= 4 is 41.4 Å². The van der Waals surface area contributed by atoms with Gasteiger partial charge in [-0.1, -0.05) is 6.07 Å². The monoisotopic (exact) mass is 805 g/mol. The van der Waals surface area contributed by atoms with E-state index in [1.54, 1.807) is 0 Å². The van der Waals surface area contributed by atoms with Gasteiger partial charge in [-0.15, -0.1) is 12.4 Å². The molecule has 0 amide bonds. The highest BCUT2D eigenvalue weighted by molar-refractivity contribution is 6.01. The molecule has 0 atom stereocenters. The normalized spacial score (nSPS) is 10.4. The standard InChI is InChI=1S/C24H29NO4.C19H18O8.ClH/c1-5-26-21-10-9-17(14-22(21)27-6-2)13-20-19-16-24(29-8-4)23(28-7-3)15-18(19)11-12-25-20;1-8-5-13(26-4)11(7-20)17(22)14(8)19(25)27-12-6-9(2)16(21)15(10(12)3)18(23)24;/h9-12,14-16H,5-8,13H2,1-4H3;5-7,21-22H,1-4H3,(H,23,24);1H. The fourth-order valence-electron chi connectivity index (χ4n) is 6.03. The van der Waals surface area contributed by atoms with Gasteiger partial charge >= 0.3 is 11.9 Å². The minimum atomic E-state index is -1.38. The zero-order chi connectivity index (χ0) is 41.1. The number of carboxylic acids is 1. The van der Waals surface area contributed by atoms with Crippen molar-refractivity contribution in [3.63, 3.8) is 0 Å². The number of ether oxygens (including phenoxy) is 6. The number of benzene rings is 4. The lowest BCUT2D eigenvalue weighted by atomic mass is 10.0. The first kappa shape index (κ1) is 45.2. The highest BCUT2D eigenvalue weighted by atomic mass is 35.5. The van der Waals surface area contributed by atoms with Gasteiger partial charge in [0.2, 0.25) is 0 Å². The molecule has 0 fully saturated rings. The summed E-state index contributed by atoms with van der Waals surface area (Å²) in [5.74, 6) is -0.333. The number of pyridine rings is 1. The second-order valence-electron chi connectivity index (χ2n) is 12.4. The Morgan fingerprint density at radius 3 is 1.86 bits per heavy atom. The van der Waals surface area contributed by atoms with E-state index in [1.807, 2.05) is 64.2 Å². The predicted octanol–water partition coefficient (Wildman–Crippen LogP) is 8.60. The van der Waals surface area contributed by atoms with E-state index in [4.69, 9.17) is 28.4 Å². The molecule has 0 saturated carbocycles. The number of aldehydes is 1. The molecule has 14 heteroatoms. The molecule has 0 unspecified atom stereocenters. The number of carbonyl (C=O) groups excluding carboxylic acids is 2. The third kappa shape index (κ3) is 10.4. The second kappa shape index (κ2) is 20.6. The molecule has 0 aliphatic rings. The fraction of sp³-hybridized carbons (Fsp3) is 0.302. The second-order valence-corrected chi connectivity index (χ2v) is 12.4. The van der Waals surface area contributed by atoms with E-state index in [2.05, 4.69) is 11.1 Å². The number of phenolic OH excluding ortho intramolecular Hbond substituents is 1. The lowest BCUT2D eigenvalue weighted by molar-refractivity contribution is 0.0681. The summed E-state index contributed by atoms with van der Waals surface area (Å²) >= 11 is 0. The number of esters is 1. The number of nitrogens with zero attached hydrogens (tertiary/aromatic N) is 1. The molecular weight excluding hydrogens is 758 g/mol. The highest BCUT2D eigenvalue weighted by Gasteiger charge is 2.26. The van der Waals surface area contributed by atoms with Gasteiger partial charge in [0.25, 0.3) is 0 Å². The maximum absolute atomic E-state index is 12.6. The molecule has 304 valence electrons. The van der Waals surface area contributed by atoms with Gasteiger partial charge < -0.3 is 43.7 Å². The van der Waals surface area contributed by atoms with Crippen molar-refractivity contribution in [3.8, 4) is 46.0 Å². The first-order valence-corrected chi connectivity index (χ1v) is 18.0. The van der Waals surface area contributed by atoms with Crippen molar-refractivity contribution < 1.29 is 58.1 Å². The predicted molar refractivity (Wildman–Crippen MR) is 217 cm³/mol. The van der Waals surface area contributed by atoms with Crippen molar-refractivity contribution in [3.05, 3.63) is 99.4 Å². The van der Waals surface area contributed by atoms with E-state index >= 15 is 0 Å². The van der Waals surface area contributed by atoms with Crippen molar-refractivity contribution in [2.24, 2.45) is 0 Å². The number of aromatic nitrogens is 1. The lowest BCUT2D eigenvalue weighted by Crippen LogP contribution is -2.14. The highest BCUT2D eigenvalue weighted by Crippen LogP contribution is 2.38. The number of aryl methyl sites for hydroxylation is 2. The maximum Gasteiger partial charge on any atom is 0.347 e. The summed E-state index contributed by atoms with van der Waals surface area (Å²) in [4.78, 5) is 39.8. The van der Waals surface area contributed by atoms with Gasteiger partial charge in [-0.2, -0.15) is 0 Å². The summed E-state index contributed by atoms with van der Waals surface area (Å²) in [5.41, 5.74) is 1.79. The van der Waals surface area contributed by atoms with Crippen LogP contribution in [0.3, 0.4) is 0 Å². The Morgan fingerprint density at radius 2 is 1.28 bits per heavy atom. The number of carboxylic acid groups (broad SMARTS) is 1. The summed E-state index contributed by atoms with van der Waals surface area (Å²) in [6, 6.07) is 14.8. The first-order chi connectivity index (χ1) is 26.8. The van der Waals surface area contributed by atoms with E-state index in [1.165, 1.54) is 40.0 Å². The van der Waals surface area contributed by atoms with Crippen molar-refractivity contribution in [2.45, 2.75) is 54.9 Å². The van der Waals surface area contributed by atoms with Crippen LogP contribution in [0.1, 0.15) is 86.7 Å². The van der Waals surface area contributed by atoms with E-state index < -0.39 is 23.4 Å². The molecule has 57 heavy (non-hydrogen) atoms. The van der Waals surface area contributed by atoms with Gasteiger partial charge in [0.15, 0.2) is 29.3 Å². The molecule has 0 bridgehead atoms. The summed E-state index contributed by atoms with van der Waals surface area (Å²) < 4.78 is 33.3. The molecule has 3 N–H and O–H groups in total. The van der Waals surface area contributed by atoms with Crippen LogP contribution >= 0.6 is 12.4 Å². The quantitative estimate of drug-likeness (QED) is 0.0521. The fourth-order valence-corrected chi connectivity index (χ4v) is 6.03. The minimum Gasteiger partial charge on any atom is -0.507 e. The zero-order valence-electron chi connectivity index (χ0n) is 33.2. The van der Waals surface area contributed by atoms with Crippen LogP contribution in [0.2, 0.25) is 0 Å². The third-order valence-corrected chi connectivity index (χ3v) is 8.65. The number of methoxy groups -OCH3 is 1. The summed E-state index contributed by atoms with van der Waals surface area (Å²) in [6.45, 7) is 14.6. The third-order valence-electron chi connectivity index (χ3n) is 8.65. The van der Waals surface area contributed by atoms with Gasteiger partial charge in [0.05, 0.1) is 44.8 Å². The van der Waals surface area contributed by atoms with E-state index in [0.29, 0.717) is 44.7 Å². The first-order valence-electron chi connectivity index (χ1n) is 18.0. The van der Waals surface area contributed by atoms with E-state index in [0.717, 1.165) is 45.0 Å². The van der Waals surface area contributed by atoms with Crippen LogP contribution in [0.25, 0.3) is 10.8 Å². The SMILES string of the molecule is CCOc1ccc(Cc2nccc3cc(OCC)c(OCC)cc23)cc1OCC.COc1cc(C)c(C(=O)Oc2cc(C)c(O)c(C(=O)O)c2C)c(O)c1C=O.Cl. The van der Waals surface area contributed by atoms with Gasteiger partial charge in [-0.25, -0.2) is 9.59 Å². The Kier molecular flexibility index (Phi) is 16.4. The van der Waals surface area contributed by atoms with E-state index in [-0.39, 0.29) is 51.7 Å². The molecule has 0 saturated heterocycles. The molecule has 5 aromatic rings. The summed E-state index contributed by atoms with van der Waals surface area (Å²) in [7, 11) is 1.31. The van der Waals surface area contributed by atoms with Crippen LogP contribution in [0.5, 0.6) is 46.0 Å². The molecule has 0 spiro atoms. The maximum atomic E-state index is 12.6. The molecule has 0 radical (unpaired) electrons. The van der Waals surface area contributed by atoms with Crippen molar-refractivity contribution in [1.82, 2.24) is 4.98 Å². The molecule has 0 aliphatic heterocycles. The van der Waals surface area contributed by atoms with Gasteiger partial charge in [0.1, 0.15) is 34.1 Å². The number of aromatic hydroxyl groups is 2. The minimum absolute atomic E-state index is 0. The average molecular weight is 806 g/mol. The number of halogens is 1. The molecule has 1 heterocycles. The molecular formula is C43H48ClNO12. The van der Waals surface area contributed by atoms with E-state index in [9.17, 15) is 29.7 Å². The Morgan fingerprint density at radius 1 is 0.702 bits per heavy atom. The van der Waals surface area contributed by atoms with Gasteiger partial charge in [0, 0.05) is 23.6 Å². The topological polar surface area (TPSA) is 180 Å². The molecule has 5 rings (SSSR count). The Hall–Kier alpha value is -6.21. The van der Waals surface area contributed by atoms with Crippen LogP contribution in [0.15, 0.2) is 54.7 Å². The van der Waals surface area contributed by atoms with Crippen LogP contribution in [-0.2, 0) is 6.42 Å². The number of fused-ring (bicyclic) bond motifs is 1. The number of aromatic carboxylic acids is 1. The molecule has 13 nitrogen and oxygen atoms in total. The number of phenols is 2. The smallest absolute Gasteiger partial charge is 0.347 e. The molecule has 4 aromatic carbocycles. The number of carbonyl (C=O) groups is 3. The number of rotatable bonds is 15. The zero-order valence-corrected chi connectivity index (χ0v) is 34.0. The Labute approximate surface area is 337 Å². The molecule has 0 aliphatic carbocycles.